The van der Waals surface area contributed by atoms with Gasteiger partial charge in [-0.3, -0.25) is 18.3 Å². The zero-order valence-corrected chi connectivity index (χ0v) is 39.2. The lowest BCUT2D eigenvalue weighted by Gasteiger charge is -2.47. The van der Waals surface area contributed by atoms with Gasteiger partial charge in [-0.2, -0.15) is 0 Å². The summed E-state index contributed by atoms with van der Waals surface area (Å²) in [6.07, 6.45) is -2.28. The fraction of sp³-hybridized carbons (Fsp3) is 1.00. The average Bonchev–Trinajstić information content (AvgIpc) is 2.77. The highest BCUT2D eigenvalue weighted by molar-refractivity contribution is 7.63. The average molecular weight is 763 g/mol. The minimum absolute atomic E-state index is 0.264. The van der Waals surface area contributed by atoms with Gasteiger partial charge in [0.15, 0.2) is 0 Å². The van der Waals surface area contributed by atoms with E-state index in [9.17, 15) is 9.13 Å². The maximum absolute atomic E-state index is 15.2. The van der Waals surface area contributed by atoms with Crippen molar-refractivity contribution in [3.8, 4) is 0 Å². The molecule has 0 N–H and O–H groups in total. The highest BCUT2D eigenvalue weighted by Crippen LogP contribution is 2.73. The van der Waals surface area contributed by atoms with Crippen molar-refractivity contribution in [3.05, 3.63) is 0 Å². The number of rotatable bonds is 11. The van der Waals surface area contributed by atoms with Crippen LogP contribution in [0, 0.1) is 0 Å². The van der Waals surface area contributed by atoms with E-state index in [4.69, 9.17) is 18.1 Å². The van der Waals surface area contributed by atoms with E-state index < -0.39 is 82.9 Å². The molecule has 0 rings (SSSR count). The zero-order valence-electron chi connectivity index (χ0n) is 35.6. The van der Waals surface area contributed by atoms with Crippen LogP contribution in [0.15, 0.2) is 0 Å². The molecule has 48 heavy (non-hydrogen) atoms. The Hall–Kier alpha value is 0.760. The molecule has 0 aliphatic heterocycles. The first-order valence-corrected chi connectivity index (χ1v) is 23.9. The van der Waals surface area contributed by atoms with Crippen LogP contribution >= 0.6 is 29.5 Å². The topological polar surface area (TPSA) is 105 Å². The second kappa shape index (κ2) is 14.5. The van der Waals surface area contributed by atoms with Crippen LogP contribution in [0.5, 0.6) is 0 Å². The minimum Gasteiger partial charge on any atom is -0.325 e. The first-order valence-electron chi connectivity index (χ1n) is 17.4. The van der Waals surface area contributed by atoms with Gasteiger partial charge < -0.3 is 18.1 Å². The minimum atomic E-state index is -3.60. The molecule has 0 saturated carbocycles. The second-order valence-electron chi connectivity index (χ2n) is 21.5. The third kappa shape index (κ3) is 10.0. The Labute approximate surface area is 297 Å². The summed E-state index contributed by atoms with van der Waals surface area (Å²) in [5.41, 5.74) is 0. The molecule has 0 bridgehead atoms. The van der Waals surface area contributed by atoms with Crippen molar-refractivity contribution in [2.75, 3.05) is 13.2 Å². The maximum Gasteiger partial charge on any atom is 0.213 e. The van der Waals surface area contributed by atoms with Crippen LogP contribution in [-0.2, 0) is 36.4 Å². The number of hydrogen-bond acceptors (Lipinski definition) is 8. The van der Waals surface area contributed by atoms with Crippen molar-refractivity contribution in [2.45, 2.75) is 220 Å². The summed E-state index contributed by atoms with van der Waals surface area (Å²) in [4.78, 5) is 0. The molecule has 0 aromatic heterocycles. The Balaban J connectivity index is 8.00. The second-order valence-corrected chi connectivity index (χ2v) is 37.5. The summed E-state index contributed by atoms with van der Waals surface area (Å²) < 4.78 is 86.8. The van der Waals surface area contributed by atoms with Gasteiger partial charge in [-0.1, -0.05) is 166 Å². The van der Waals surface area contributed by atoms with Gasteiger partial charge >= 0.3 is 0 Å². The SMILES string of the molecule is CC(C)(C)P(=O)(OCC(OP(=O)(C(C)(C)C)C(C)(C)C)C(COP(=O)(C(C)(C)C)C(C)(C)C)OP(=O)(C(C)(C)C)C(C)(C)C)C(C)(C)C. The van der Waals surface area contributed by atoms with Gasteiger partial charge in [-0.25, -0.2) is 0 Å². The Morgan fingerprint density at radius 2 is 0.458 bits per heavy atom. The van der Waals surface area contributed by atoms with E-state index in [1.165, 1.54) is 0 Å². The Morgan fingerprint density at radius 1 is 0.312 bits per heavy atom. The fourth-order valence-corrected chi connectivity index (χ4v) is 19.3. The van der Waals surface area contributed by atoms with Gasteiger partial charge in [0.1, 0.15) is 12.2 Å². The Morgan fingerprint density at radius 3 is 0.583 bits per heavy atom. The molecule has 0 aromatic rings. The predicted molar refractivity (Wildman–Crippen MR) is 210 cm³/mol. The van der Waals surface area contributed by atoms with Crippen LogP contribution in [0.1, 0.15) is 166 Å². The van der Waals surface area contributed by atoms with Gasteiger partial charge in [0.2, 0.25) is 29.5 Å². The summed E-state index contributed by atoms with van der Waals surface area (Å²) in [5.74, 6) is 0. The van der Waals surface area contributed by atoms with E-state index >= 15 is 9.13 Å². The molecule has 0 aliphatic carbocycles. The fourth-order valence-electron chi connectivity index (χ4n) is 6.58. The Bertz CT molecular complexity index is 1110. The third-order valence-corrected chi connectivity index (χ3v) is 25.2. The van der Waals surface area contributed by atoms with E-state index in [2.05, 4.69) is 0 Å². The smallest absolute Gasteiger partial charge is 0.213 e. The molecule has 0 aliphatic rings. The molecule has 0 fully saturated rings. The van der Waals surface area contributed by atoms with Gasteiger partial charge in [-0.05, 0) is 0 Å². The standard InChI is InChI=1S/C36H78O8P4/c1-29(2,3)45(37,30(4,5)6)41-25-27(43-47(39,33(13,14)15)34(16,17)18)28(44-48(40,35(19,20)21)36(22,23)24)26-42-46(38,31(7,8)9)32(10,11)12/h27-28H,25-26H2,1-24H3. The van der Waals surface area contributed by atoms with E-state index in [0.717, 1.165) is 0 Å². The molecule has 0 aromatic carbocycles. The summed E-state index contributed by atoms with van der Waals surface area (Å²) in [5, 5.41) is -6.18. The predicted octanol–water partition coefficient (Wildman–Crippen LogP) is 13.3. The molecule has 290 valence electrons. The van der Waals surface area contributed by atoms with Crippen molar-refractivity contribution in [1.29, 1.82) is 0 Å². The van der Waals surface area contributed by atoms with Crippen LogP contribution in [0.3, 0.4) is 0 Å². The highest BCUT2D eigenvalue weighted by Gasteiger charge is 2.56. The lowest BCUT2D eigenvalue weighted by Crippen LogP contribution is -2.45. The maximum atomic E-state index is 15.2. The van der Waals surface area contributed by atoms with Crippen LogP contribution in [0.25, 0.3) is 0 Å². The molecule has 0 spiro atoms. The molecule has 0 heterocycles. The van der Waals surface area contributed by atoms with Gasteiger partial charge in [0, 0.05) is 41.2 Å². The van der Waals surface area contributed by atoms with Crippen molar-refractivity contribution >= 4 is 29.5 Å². The van der Waals surface area contributed by atoms with E-state index in [-0.39, 0.29) is 13.2 Å². The summed E-state index contributed by atoms with van der Waals surface area (Å²) in [6, 6.07) is 0. The molecular weight excluding hydrogens is 684 g/mol. The zero-order chi connectivity index (χ0) is 39.4. The lowest BCUT2D eigenvalue weighted by atomic mass is 10.2. The molecule has 0 radical (unpaired) electrons. The van der Waals surface area contributed by atoms with Crippen LogP contribution in [-0.4, -0.2) is 66.7 Å². The summed E-state index contributed by atoms with van der Waals surface area (Å²) >= 11 is 0. The number of hydrogen-bond donors (Lipinski definition) is 0. The summed E-state index contributed by atoms with van der Waals surface area (Å²) in [6.45, 7) is 44.6. The quantitative estimate of drug-likeness (QED) is 0.192. The van der Waals surface area contributed by atoms with Crippen molar-refractivity contribution in [3.63, 3.8) is 0 Å². The first kappa shape index (κ1) is 48.8. The van der Waals surface area contributed by atoms with E-state index in [0.29, 0.717) is 0 Å². The van der Waals surface area contributed by atoms with E-state index in [1.807, 2.05) is 166 Å². The van der Waals surface area contributed by atoms with Crippen molar-refractivity contribution < 1.29 is 36.4 Å². The van der Waals surface area contributed by atoms with Crippen LogP contribution < -0.4 is 0 Å². The molecule has 2 atom stereocenters. The molecule has 8 nitrogen and oxygen atoms in total. The molecule has 2 unspecified atom stereocenters. The van der Waals surface area contributed by atoms with Crippen molar-refractivity contribution in [2.24, 2.45) is 0 Å². The third-order valence-electron chi connectivity index (χ3n) is 8.89. The Kier molecular flexibility index (Phi) is 14.8. The molecular formula is C36H78O8P4. The highest BCUT2D eigenvalue weighted by atomic mass is 31.2. The normalized spacial score (nSPS) is 17.4. The van der Waals surface area contributed by atoms with Crippen LogP contribution in [0.4, 0.5) is 0 Å². The monoisotopic (exact) mass is 762 g/mol. The first-order chi connectivity index (χ1) is 20.4. The van der Waals surface area contributed by atoms with Crippen LogP contribution in [0.2, 0.25) is 0 Å². The lowest BCUT2D eigenvalue weighted by molar-refractivity contribution is -0.00594. The molecule has 0 amide bonds. The van der Waals surface area contributed by atoms with Gasteiger partial charge in [-0.15, -0.1) is 0 Å². The largest absolute Gasteiger partial charge is 0.325 e. The molecule has 12 heteroatoms. The summed E-state index contributed by atoms with van der Waals surface area (Å²) in [7, 11) is -14.1. The molecule has 0 saturated heterocycles. The van der Waals surface area contributed by atoms with Gasteiger partial charge in [0.25, 0.3) is 0 Å². The van der Waals surface area contributed by atoms with Crippen molar-refractivity contribution in [1.82, 2.24) is 0 Å². The van der Waals surface area contributed by atoms with E-state index in [1.54, 1.807) is 0 Å². The van der Waals surface area contributed by atoms with Gasteiger partial charge in [0.05, 0.1) is 13.2 Å².